The van der Waals surface area contributed by atoms with Gasteiger partial charge in [0.2, 0.25) is 0 Å². The van der Waals surface area contributed by atoms with Crippen molar-refractivity contribution in [3.05, 3.63) is 0 Å². The van der Waals surface area contributed by atoms with Gasteiger partial charge in [-0.1, -0.05) is 0 Å². The molecule has 19 heavy (non-hydrogen) atoms. The molecule has 0 radical (unpaired) electrons. The van der Waals surface area contributed by atoms with E-state index in [0.717, 1.165) is 19.6 Å². The highest BCUT2D eigenvalue weighted by atomic mass is 16.5. The molecule has 1 atom stereocenters. The summed E-state index contributed by atoms with van der Waals surface area (Å²) in [6.45, 7) is 9.35. The number of urea groups is 1. The summed E-state index contributed by atoms with van der Waals surface area (Å²) in [6, 6.07) is 0.281. The first-order chi connectivity index (χ1) is 8.95. The molecule has 2 rings (SSSR count). The van der Waals surface area contributed by atoms with Crippen molar-refractivity contribution in [3.8, 4) is 0 Å². The molecule has 0 aliphatic carbocycles. The third kappa shape index (κ3) is 2.83. The zero-order chi connectivity index (χ0) is 14.0. The van der Waals surface area contributed by atoms with Gasteiger partial charge in [0, 0.05) is 32.7 Å². The molecule has 2 aliphatic rings. The van der Waals surface area contributed by atoms with Gasteiger partial charge < -0.3 is 19.9 Å². The van der Waals surface area contributed by atoms with Crippen LogP contribution in [0.2, 0.25) is 0 Å². The van der Waals surface area contributed by atoms with Crippen molar-refractivity contribution in [2.75, 3.05) is 39.3 Å². The number of nitrogens with one attached hydrogen (secondary N) is 1. The second-order valence-electron chi connectivity index (χ2n) is 5.82. The fraction of sp³-hybridized carbons (Fsp3) is 0.846. The molecule has 0 spiro atoms. The monoisotopic (exact) mass is 269 g/mol. The molecule has 0 unspecified atom stereocenters. The number of carbonyl (C=O) groups excluding carboxylic acids is 2. The Kier molecular flexibility index (Phi) is 3.99. The number of piperazine rings is 1. The summed E-state index contributed by atoms with van der Waals surface area (Å²) in [5, 5.41) is 3.29. The van der Waals surface area contributed by atoms with Crippen LogP contribution in [-0.4, -0.2) is 67.2 Å². The zero-order valence-electron chi connectivity index (χ0n) is 11.9. The van der Waals surface area contributed by atoms with E-state index in [1.807, 2.05) is 18.7 Å². The average Bonchev–Trinajstić information content (AvgIpc) is 2.67. The van der Waals surface area contributed by atoms with Gasteiger partial charge in [-0.3, -0.25) is 4.79 Å². The molecule has 0 saturated carbocycles. The van der Waals surface area contributed by atoms with Gasteiger partial charge in [-0.15, -0.1) is 0 Å². The Balaban J connectivity index is 1.99. The minimum Gasteiger partial charge on any atom is -0.466 e. The molecule has 0 aromatic carbocycles. The van der Waals surface area contributed by atoms with Crippen LogP contribution in [0.1, 0.15) is 20.8 Å². The van der Waals surface area contributed by atoms with Crippen molar-refractivity contribution in [1.82, 2.24) is 15.1 Å². The topological polar surface area (TPSA) is 61.9 Å². The van der Waals surface area contributed by atoms with Crippen LogP contribution >= 0.6 is 0 Å². The summed E-state index contributed by atoms with van der Waals surface area (Å²) in [5.41, 5.74) is -0.659. The van der Waals surface area contributed by atoms with E-state index in [1.54, 1.807) is 11.8 Å². The van der Waals surface area contributed by atoms with Gasteiger partial charge in [-0.25, -0.2) is 4.79 Å². The molecule has 2 amide bonds. The predicted octanol–water partition coefficient (Wildman–Crippen LogP) is 0.285. The molecule has 6 heteroatoms. The number of hydrogen-bond acceptors (Lipinski definition) is 4. The molecular weight excluding hydrogens is 246 g/mol. The number of rotatable bonds is 4. The van der Waals surface area contributed by atoms with Crippen LogP contribution in [0, 0.1) is 5.41 Å². The maximum atomic E-state index is 12.3. The van der Waals surface area contributed by atoms with Crippen LogP contribution in [0.5, 0.6) is 0 Å². The van der Waals surface area contributed by atoms with Gasteiger partial charge in [0.15, 0.2) is 0 Å². The smallest absolute Gasteiger partial charge is 0.320 e. The Labute approximate surface area is 114 Å². The lowest BCUT2D eigenvalue weighted by atomic mass is 9.93. The molecular formula is C13H23N3O3. The minimum atomic E-state index is -0.659. The van der Waals surface area contributed by atoms with Gasteiger partial charge in [0.05, 0.1) is 18.1 Å². The minimum absolute atomic E-state index is 0.0453. The Morgan fingerprint density at radius 1 is 1.53 bits per heavy atom. The van der Waals surface area contributed by atoms with Crippen LogP contribution in [0.15, 0.2) is 0 Å². The number of carbonyl (C=O) groups is 2. The zero-order valence-corrected chi connectivity index (χ0v) is 11.9. The highest BCUT2D eigenvalue weighted by molar-refractivity contribution is 5.80. The van der Waals surface area contributed by atoms with E-state index < -0.39 is 5.41 Å². The summed E-state index contributed by atoms with van der Waals surface area (Å²) in [4.78, 5) is 27.8. The molecule has 0 aromatic heterocycles. The quantitative estimate of drug-likeness (QED) is 0.745. The summed E-state index contributed by atoms with van der Waals surface area (Å²) in [7, 11) is 0. The van der Waals surface area contributed by atoms with Crippen molar-refractivity contribution in [1.29, 1.82) is 0 Å². The molecule has 0 aromatic rings. The first kappa shape index (κ1) is 14.1. The van der Waals surface area contributed by atoms with Crippen molar-refractivity contribution >= 4 is 12.0 Å². The molecule has 108 valence electrons. The third-order valence-corrected chi connectivity index (χ3v) is 3.71. The number of hydrogen-bond donors (Lipinski definition) is 1. The highest BCUT2D eigenvalue weighted by Gasteiger charge is 2.42. The average molecular weight is 269 g/mol. The van der Waals surface area contributed by atoms with Gasteiger partial charge in [0.25, 0.3) is 0 Å². The van der Waals surface area contributed by atoms with E-state index in [4.69, 9.17) is 4.74 Å². The highest BCUT2D eigenvalue weighted by Crippen LogP contribution is 2.25. The lowest BCUT2D eigenvalue weighted by molar-refractivity contribution is -0.153. The van der Waals surface area contributed by atoms with Gasteiger partial charge in [-0.05, 0) is 20.8 Å². The van der Waals surface area contributed by atoms with Gasteiger partial charge in [-0.2, -0.15) is 0 Å². The number of esters is 1. The van der Waals surface area contributed by atoms with E-state index in [2.05, 4.69) is 5.32 Å². The normalized spacial score (nSPS) is 23.5. The molecule has 6 nitrogen and oxygen atoms in total. The third-order valence-electron chi connectivity index (χ3n) is 3.71. The van der Waals surface area contributed by atoms with Crippen LogP contribution in [0.4, 0.5) is 4.79 Å². The predicted molar refractivity (Wildman–Crippen MR) is 70.7 cm³/mol. The Bertz CT molecular complexity index is 370. The number of fused-ring (bicyclic) bond motifs is 1. The first-order valence-corrected chi connectivity index (χ1v) is 6.89. The van der Waals surface area contributed by atoms with E-state index in [-0.39, 0.29) is 18.0 Å². The Morgan fingerprint density at radius 2 is 2.26 bits per heavy atom. The SMILES string of the molecule is CCOC(=O)C(C)(C)CN1C[C@@H]2CNCCN2C1=O. The fourth-order valence-corrected chi connectivity index (χ4v) is 2.69. The largest absolute Gasteiger partial charge is 0.466 e. The molecule has 2 heterocycles. The van der Waals surface area contributed by atoms with Gasteiger partial charge in [0.1, 0.15) is 0 Å². The molecule has 2 fully saturated rings. The maximum Gasteiger partial charge on any atom is 0.320 e. The van der Waals surface area contributed by atoms with E-state index in [0.29, 0.717) is 19.7 Å². The summed E-state index contributed by atoms with van der Waals surface area (Å²) < 4.78 is 5.07. The van der Waals surface area contributed by atoms with Crippen molar-refractivity contribution in [2.24, 2.45) is 5.41 Å². The second kappa shape index (κ2) is 5.36. The molecule has 2 saturated heterocycles. The van der Waals surface area contributed by atoms with Crippen LogP contribution in [0.25, 0.3) is 0 Å². The van der Waals surface area contributed by atoms with E-state index in [1.165, 1.54) is 0 Å². The van der Waals surface area contributed by atoms with Gasteiger partial charge >= 0.3 is 12.0 Å². The number of ether oxygens (including phenoxy) is 1. The standard InChI is InChI=1S/C13H23N3O3/c1-4-19-11(17)13(2,3)9-15-8-10-7-14-5-6-16(10)12(15)18/h10,14H,4-9H2,1-3H3/t10-/m0/s1. The number of nitrogens with zero attached hydrogens (tertiary/aromatic N) is 2. The maximum absolute atomic E-state index is 12.3. The van der Waals surface area contributed by atoms with Crippen LogP contribution < -0.4 is 5.32 Å². The van der Waals surface area contributed by atoms with Crippen LogP contribution in [0.3, 0.4) is 0 Å². The molecule has 1 N–H and O–H groups in total. The summed E-state index contributed by atoms with van der Waals surface area (Å²) in [5.74, 6) is -0.245. The number of amides is 2. The van der Waals surface area contributed by atoms with Crippen molar-refractivity contribution in [2.45, 2.75) is 26.8 Å². The van der Waals surface area contributed by atoms with Crippen molar-refractivity contribution < 1.29 is 14.3 Å². The van der Waals surface area contributed by atoms with Crippen molar-refractivity contribution in [3.63, 3.8) is 0 Å². The lowest BCUT2D eigenvalue weighted by Crippen LogP contribution is -2.50. The Hall–Kier alpha value is -1.30. The summed E-state index contributed by atoms with van der Waals surface area (Å²) >= 11 is 0. The molecule has 2 aliphatic heterocycles. The Morgan fingerprint density at radius 3 is 2.89 bits per heavy atom. The lowest BCUT2D eigenvalue weighted by Gasteiger charge is -2.29. The molecule has 0 bridgehead atoms. The van der Waals surface area contributed by atoms with E-state index in [9.17, 15) is 9.59 Å². The van der Waals surface area contributed by atoms with Crippen LogP contribution in [-0.2, 0) is 9.53 Å². The second-order valence-corrected chi connectivity index (χ2v) is 5.82. The van der Waals surface area contributed by atoms with E-state index >= 15 is 0 Å². The summed E-state index contributed by atoms with van der Waals surface area (Å²) in [6.07, 6.45) is 0. The fourth-order valence-electron chi connectivity index (χ4n) is 2.69. The first-order valence-electron chi connectivity index (χ1n) is 6.89.